The number of aromatic nitrogens is 4. The molecule has 0 atom stereocenters. The second-order valence-corrected chi connectivity index (χ2v) is 7.03. The normalized spacial score (nSPS) is 16.0. The SMILES string of the molecule is O=C(Cn1c2c(c(=O)n3nc(-c4ccccc4)nc13)CCC2)NC1CC1. The predicted octanol–water partition coefficient (Wildman–Crippen LogP) is 1.33. The third-order valence-corrected chi connectivity index (χ3v) is 5.07. The van der Waals surface area contributed by atoms with Crippen molar-refractivity contribution in [1.29, 1.82) is 0 Å². The lowest BCUT2D eigenvalue weighted by Crippen LogP contribution is -2.32. The van der Waals surface area contributed by atoms with Crippen molar-refractivity contribution in [1.82, 2.24) is 24.5 Å². The van der Waals surface area contributed by atoms with Crippen LogP contribution in [0.1, 0.15) is 30.5 Å². The monoisotopic (exact) mass is 349 g/mol. The maximum Gasteiger partial charge on any atom is 0.279 e. The van der Waals surface area contributed by atoms with Gasteiger partial charge in [-0.15, -0.1) is 5.10 Å². The number of hydrogen-bond donors (Lipinski definition) is 1. The van der Waals surface area contributed by atoms with E-state index in [9.17, 15) is 9.59 Å². The fourth-order valence-corrected chi connectivity index (χ4v) is 3.64. The van der Waals surface area contributed by atoms with Crippen LogP contribution in [-0.4, -0.2) is 31.1 Å². The van der Waals surface area contributed by atoms with Crippen molar-refractivity contribution in [2.45, 2.75) is 44.7 Å². The Morgan fingerprint density at radius 1 is 1.19 bits per heavy atom. The van der Waals surface area contributed by atoms with Gasteiger partial charge in [0, 0.05) is 22.9 Å². The molecule has 1 amide bonds. The van der Waals surface area contributed by atoms with Crippen LogP contribution in [0.5, 0.6) is 0 Å². The van der Waals surface area contributed by atoms with Crippen LogP contribution in [0.3, 0.4) is 0 Å². The molecule has 0 spiro atoms. The van der Waals surface area contributed by atoms with Gasteiger partial charge in [-0.1, -0.05) is 30.3 Å². The van der Waals surface area contributed by atoms with Crippen LogP contribution in [0, 0.1) is 0 Å². The fraction of sp³-hybridized carbons (Fsp3) is 0.368. The number of carbonyl (C=O) groups excluding carboxylic acids is 1. The van der Waals surface area contributed by atoms with E-state index in [1.807, 2.05) is 34.9 Å². The van der Waals surface area contributed by atoms with Gasteiger partial charge in [0.05, 0.1) is 0 Å². The molecule has 1 aromatic carbocycles. The smallest absolute Gasteiger partial charge is 0.279 e. The molecule has 2 aromatic heterocycles. The summed E-state index contributed by atoms with van der Waals surface area (Å²) in [6, 6.07) is 9.89. The molecule has 2 aliphatic carbocycles. The zero-order chi connectivity index (χ0) is 17.7. The molecular formula is C19H19N5O2. The molecule has 0 saturated heterocycles. The summed E-state index contributed by atoms with van der Waals surface area (Å²) in [5, 5.41) is 7.46. The van der Waals surface area contributed by atoms with Gasteiger partial charge in [0.25, 0.3) is 5.56 Å². The number of benzene rings is 1. The van der Waals surface area contributed by atoms with Crippen LogP contribution in [0.15, 0.2) is 35.1 Å². The van der Waals surface area contributed by atoms with Crippen molar-refractivity contribution in [2.24, 2.45) is 0 Å². The van der Waals surface area contributed by atoms with Crippen LogP contribution in [0.4, 0.5) is 0 Å². The molecule has 26 heavy (non-hydrogen) atoms. The Morgan fingerprint density at radius 2 is 2.00 bits per heavy atom. The molecule has 3 aromatic rings. The van der Waals surface area contributed by atoms with E-state index in [0.717, 1.165) is 48.9 Å². The quantitative estimate of drug-likeness (QED) is 0.770. The van der Waals surface area contributed by atoms with Crippen LogP contribution in [-0.2, 0) is 24.2 Å². The van der Waals surface area contributed by atoms with Crippen LogP contribution < -0.4 is 10.9 Å². The fourth-order valence-electron chi connectivity index (χ4n) is 3.64. The molecule has 5 rings (SSSR count). The summed E-state index contributed by atoms with van der Waals surface area (Å²) in [5.74, 6) is 0.916. The van der Waals surface area contributed by atoms with Crippen molar-refractivity contribution in [2.75, 3.05) is 0 Å². The predicted molar refractivity (Wildman–Crippen MR) is 95.9 cm³/mol. The molecule has 7 heteroatoms. The highest BCUT2D eigenvalue weighted by Crippen LogP contribution is 2.23. The molecule has 1 fully saturated rings. The number of rotatable bonds is 4. The summed E-state index contributed by atoms with van der Waals surface area (Å²) in [6.07, 6.45) is 4.55. The van der Waals surface area contributed by atoms with Gasteiger partial charge >= 0.3 is 0 Å². The van der Waals surface area contributed by atoms with Crippen molar-refractivity contribution in [3.05, 3.63) is 51.9 Å². The lowest BCUT2D eigenvalue weighted by molar-refractivity contribution is -0.121. The van der Waals surface area contributed by atoms with Crippen LogP contribution in [0.2, 0.25) is 0 Å². The number of hydrogen-bond acceptors (Lipinski definition) is 4. The minimum absolute atomic E-state index is 0.0311. The van der Waals surface area contributed by atoms with Gasteiger partial charge in [0.1, 0.15) is 6.54 Å². The number of carbonyl (C=O) groups is 1. The van der Waals surface area contributed by atoms with E-state index in [2.05, 4.69) is 15.4 Å². The molecule has 2 aliphatic rings. The maximum absolute atomic E-state index is 12.8. The van der Waals surface area contributed by atoms with Crippen molar-refractivity contribution < 1.29 is 4.79 Å². The first kappa shape index (κ1) is 15.3. The molecule has 0 radical (unpaired) electrons. The van der Waals surface area contributed by atoms with Gasteiger partial charge < -0.3 is 9.88 Å². The van der Waals surface area contributed by atoms with E-state index in [4.69, 9.17) is 0 Å². The molecule has 1 N–H and O–H groups in total. The van der Waals surface area contributed by atoms with Gasteiger partial charge in [0.2, 0.25) is 11.7 Å². The summed E-state index contributed by atoms with van der Waals surface area (Å²) in [5.41, 5.74) is 2.44. The van der Waals surface area contributed by atoms with E-state index in [0.29, 0.717) is 17.6 Å². The highest BCUT2D eigenvalue weighted by molar-refractivity contribution is 5.77. The Balaban J connectivity index is 1.66. The molecule has 7 nitrogen and oxygen atoms in total. The first-order valence-corrected chi connectivity index (χ1v) is 9.07. The van der Waals surface area contributed by atoms with Crippen molar-refractivity contribution in [3.8, 4) is 11.4 Å². The molecule has 1 saturated carbocycles. The molecule has 0 bridgehead atoms. The molecule has 132 valence electrons. The highest BCUT2D eigenvalue weighted by Gasteiger charge is 2.27. The number of amides is 1. The summed E-state index contributed by atoms with van der Waals surface area (Å²) in [4.78, 5) is 29.8. The molecule has 0 aliphatic heterocycles. The topological polar surface area (TPSA) is 81.3 Å². The largest absolute Gasteiger partial charge is 0.352 e. The van der Waals surface area contributed by atoms with E-state index in [-0.39, 0.29) is 18.0 Å². The standard InChI is InChI=1S/C19H19N5O2/c25-16(20-13-9-10-13)11-23-15-8-4-7-14(15)18(26)24-19(23)21-17(22-24)12-5-2-1-3-6-12/h1-3,5-6,13H,4,7-11H2,(H,20,25). The third kappa shape index (κ3) is 2.51. The van der Waals surface area contributed by atoms with E-state index >= 15 is 0 Å². The first-order chi connectivity index (χ1) is 12.7. The summed E-state index contributed by atoms with van der Waals surface area (Å²) in [6.45, 7) is 0.176. The third-order valence-electron chi connectivity index (χ3n) is 5.07. The average molecular weight is 349 g/mol. The minimum atomic E-state index is -0.110. The average Bonchev–Trinajstić information content (AvgIpc) is 3.16. The Morgan fingerprint density at radius 3 is 2.77 bits per heavy atom. The lowest BCUT2D eigenvalue weighted by Gasteiger charge is -2.13. The summed E-state index contributed by atoms with van der Waals surface area (Å²) < 4.78 is 3.23. The first-order valence-electron chi connectivity index (χ1n) is 9.07. The zero-order valence-electron chi connectivity index (χ0n) is 14.3. The zero-order valence-corrected chi connectivity index (χ0v) is 14.3. The van der Waals surface area contributed by atoms with Crippen molar-refractivity contribution in [3.63, 3.8) is 0 Å². The summed E-state index contributed by atoms with van der Waals surface area (Å²) >= 11 is 0. The number of nitrogens with one attached hydrogen (secondary N) is 1. The minimum Gasteiger partial charge on any atom is -0.352 e. The van der Waals surface area contributed by atoms with E-state index < -0.39 is 0 Å². The van der Waals surface area contributed by atoms with Gasteiger partial charge in [-0.25, -0.2) is 0 Å². The summed E-state index contributed by atoms with van der Waals surface area (Å²) in [7, 11) is 0. The van der Waals surface area contributed by atoms with Gasteiger partial charge in [-0.05, 0) is 32.1 Å². The van der Waals surface area contributed by atoms with Gasteiger partial charge in [0.15, 0.2) is 5.82 Å². The Bertz CT molecular complexity index is 1060. The maximum atomic E-state index is 12.8. The Kier molecular flexibility index (Phi) is 3.41. The van der Waals surface area contributed by atoms with E-state index in [1.54, 1.807) is 0 Å². The second kappa shape index (κ2) is 5.79. The lowest BCUT2D eigenvalue weighted by atomic mass is 10.2. The number of fused-ring (bicyclic) bond motifs is 2. The van der Waals surface area contributed by atoms with Crippen molar-refractivity contribution >= 4 is 11.7 Å². The van der Waals surface area contributed by atoms with Gasteiger partial charge in [-0.3, -0.25) is 9.59 Å². The highest BCUT2D eigenvalue weighted by atomic mass is 16.2. The number of nitrogens with zero attached hydrogens (tertiary/aromatic N) is 4. The van der Waals surface area contributed by atoms with Crippen LogP contribution >= 0.6 is 0 Å². The molecule has 2 heterocycles. The van der Waals surface area contributed by atoms with Gasteiger partial charge in [-0.2, -0.15) is 9.50 Å². The second-order valence-electron chi connectivity index (χ2n) is 7.03. The Labute approximate surface area is 149 Å². The molecule has 0 unspecified atom stereocenters. The Hall–Kier alpha value is -2.96. The molecular weight excluding hydrogens is 330 g/mol. The van der Waals surface area contributed by atoms with E-state index in [1.165, 1.54) is 4.52 Å². The van der Waals surface area contributed by atoms with Crippen LogP contribution in [0.25, 0.3) is 17.2 Å².